The summed E-state index contributed by atoms with van der Waals surface area (Å²) in [5, 5.41) is 2.79. The van der Waals surface area contributed by atoms with E-state index < -0.39 is 0 Å². The Morgan fingerprint density at radius 3 is 2.83 bits per heavy atom. The summed E-state index contributed by atoms with van der Waals surface area (Å²) in [6.45, 7) is 4.55. The number of carbonyl (C=O) groups excluding carboxylic acids is 1. The van der Waals surface area contributed by atoms with Crippen LogP contribution in [0.5, 0.6) is 0 Å². The Bertz CT molecular complexity index is 447. The summed E-state index contributed by atoms with van der Waals surface area (Å²) in [5.74, 6) is -0.174. The molecule has 0 aromatic heterocycles. The molecule has 0 aliphatic carbocycles. The third kappa shape index (κ3) is 4.43. The van der Waals surface area contributed by atoms with Gasteiger partial charge in [0.25, 0.3) is 0 Å². The number of hydrogen-bond acceptors (Lipinski definition) is 3. The average Bonchev–Trinajstić information content (AvgIpc) is 2.32. The molecule has 1 aromatic rings. The normalized spacial score (nSPS) is 10.1. The number of ether oxygens (including phenoxy) is 1. The first-order chi connectivity index (χ1) is 8.54. The predicted molar refractivity (Wildman–Crippen MR) is 76.8 cm³/mol. The number of amides is 1. The Hall–Kier alpha value is -1.46. The largest absolute Gasteiger partial charge is 0.389 e. The molecule has 18 heavy (non-hydrogen) atoms. The lowest BCUT2D eigenvalue weighted by atomic mass is 10.1. The molecule has 0 saturated heterocycles. The fourth-order valence-corrected chi connectivity index (χ4v) is 1.53. The van der Waals surface area contributed by atoms with Gasteiger partial charge in [-0.15, -0.1) is 0 Å². The average molecular weight is 266 g/mol. The number of anilines is 1. The first-order valence-corrected chi connectivity index (χ1v) is 6.23. The van der Waals surface area contributed by atoms with Gasteiger partial charge in [-0.3, -0.25) is 4.79 Å². The van der Waals surface area contributed by atoms with Crippen LogP contribution in [-0.2, 0) is 9.53 Å². The van der Waals surface area contributed by atoms with Gasteiger partial charge >= 0.3 is 0 Å². The zero-order valence-electron chi connectivity index (χ0n) is 10.7. The van der Waals surface area contributed by atoms with Gasteiger partial charge in [-0.2, -0.15) is 0 Å². The van der Waals surface area contributed by atoms with Crippen molar-refractivity contribution in [1.29, 1.82) is 0 Å². The van der Waals surface area contributed by atoms with Crippen LogP contribution in [0, 0.1) is 6.92 Å². The summed E-state index contributed by atoms with van der Waals surface area (Å²) in [7, 11) is 0. The summed E-state index contributed by atoms with van der Waals surface area (Å²) >= 11 is 4.90. The van der Waals surface area contributed by atoms with Gasteiger partial charge in [0.15, 0.2) is 0 Å². The lowest BCUT2D eigenvalue weighted by molar-refractivity contribution is -0.120. The maximum atomic E-state index is 11.6. The molecule has 3 N–H and O–H groups in total. The van der Waals surface area contributed by atoms with E-state index in [-0.39, 0.29) is 12.5 Å². The van der Waals surface area contributed by atoms with Crippen LogP contribution in [0.2, 0.25) is 0 Å². The van der Waals surface area contributed by atoms with Crippen molar-refractivity contribution >= 4 is 28.8 Å². The zero-order chi connectivity index (χ0) is 13.5. The van der Waals surface area contributed by atoms with Gasteiger partial charge in [-0.1, -0.05) is 31.3 Å². The van der Waals surface area contributed by atoms with E-state index in [1.165, 1.54) is 0 Å². The van der Waals surface area contributed by atoms with Gasteiger partial charge < -0.3 is 15.8 Å². The first kappa shape index (κ1) is 14.6. The maximum absolute atomic E-state index is 11.6. The van der Waals surface area contributed by atoms with E-state index in [2.05, 4.69) is 5.32 Å². The number of benzene rings is 1. The number of nitrogens with one attached hydrogen (secondary N) is 1. The molecular weight excluding hydrogens is 248 g/mol. The van der Waals surface area contributed by atoms with E-state index in [0.29, 0.717) is 17.3 Å². The number of rotatable bonds is 6. The molecular formula is C13H18N2O2S. The molecule has 0 spiro atoms. The van der Waals surface area contributed by atoms with Gasteiger partial charge in [-0.25, -0.2) is 0 Å². The van der Waals surface area contributed by atoms with Crippen LogP contribution in [0.1, 0.15) is 24.5 Å². The van der Waals surface area contributed by atoms with Crippen molar-refractivity contribution < 1.29 is 9.53 Å². The summed E-state index contributed by atoms with van der Waals surface area (Å²) in [6.07, 6.45) is 0.892. The molecule has 5 heteroatoms. The quantitative estimate of drug-likeness (QED) is 0.610. The summed E-state index contributed by atoms with van der Waals surface area (Å²) < 4.78 is 5.17. The Kier molecular flexibility index (Phi) is 5.74. The standard InChI is InChI=1S/C13H18N2O2S/c1-3-6-17-8-12(16)15-11-7-10(13(14)18)5-4-9(11)2/h4-5,7H,3,6,8H2,1-2H3,(H2,14,18)(H,15,16). The van der Waals surface area contributed by atoms with Crippen LogP contribution in [0.4, 0.5) is 5.69 Å². The van der Waals surface area contributed by atoms with Crippen molar-refractivity contribution in [3.05, 3.63) is 29.3 Å². The highest BCUT2D eigenvalue weighted by molar-refractivity contribution is 7.80. The van der Waals surface area contributed by atoms with Crippen LogP contribution in [0.15, 0.2) is 18.2 Å². The van der Waals surface area contributed by atoms with E-state index in [4.69, 9.17) is 22.7 Å². The molecule has 0 radical (unpaired) electrons. The summed E-state index contributed by atoms with van der Waals surface area (Å²) in [5.41, 5.74) is 7.96. The molecule has 0 bridgehead atoms. The van der Waals surface area contributed by atoms with Crippen molar-refractivity contribution in [3.63, 3.8) is 0 Å². The van der Waals surface area contributed by atoms with Crippen molar-refractivity contribution in [3.8, 4) is 0 Å². The molecule has 0 saturated carbocycles. The summed E-state index contributed by atoms with van der Waals surface area (Å²) in [6, 6.07) is 5.48. The van der Waals surface area contributed by atoms with Crippen molar-refractivity contribution in [2.24, 2.45) is 5.73 Å². The van der Waals surface area contributed by atoms with Gasteiger partial charge in [0, 0.05) is 17.9 Å². The lowest BCUT2D eigenvalue weighted by Crippen LogP contribution is -2.19. The molecule has 4 nitrogen and oxygen atoms in total. The fourth-order valence-electron chi connectivity index (χ4n) is 1.41. The highest BCUT2D eigenvalue weighted by Crippen LogP contribution is 2.16. The zero-order valence-corrected chi connectivity index (χ0v) is 11.5. The molecule has 0 aliphatic rings. The minimum Gasteiger partial charge on any atom is -0.389 e. The molecule has 0 unspecified atom stereocenters. The summed E-state index contributed by atoms with van der Waals surface area (Å²) in [4.78, 5) is 11.9. The SMILES string of the molecule is CCCOCC(=O)Nc1cc(C(N)=S)ccc1C. The number of carbonyl (C=O) groups is 1. The lowest BCUT2D eigenvalue weighted by Gasteiger charge is -2.10. The smallest absolute Gasteiger partial charge is 0.250 e. The molecule has 0 aliphatic heterocycles. The molecule has 0 fully saturated rings. The van der Waals surface area contributed by atoms with Crippen LogP contribution in [0.3, 0.4) is 0 Å². The second-order valence-electron chi connectivity index (χ2n) is 3.99. The Balaban J connectivity index is 2.68. The Morgan fingerprint density at radius 2 is 2.22 bits per heavy atom. The molecule has 98 valence electrons. The number of aryl methyl sites for hydroxylation is 1. The predicted octanol–water partition coefficient (Wildman–Crippen LogP) is 1.99. The van der Waals surface area contributed by atoms with Crippen molar-refractivity contribution in [2.75, 3.05) is 18.5 Å². The highest BCUT2D eigenvalue weighted by Gasteiger charge is 2.06. The van der Waals surface area contributed by atoms with E-state index >= 15 is 0 Å². The molecule has 0 atom stereocenters. The van der Waals surface area contributed by atoms with Crippen LogP contribution >= 0.6 is 12.2 Å². The second kappa shape index (κ2) is 7.08. The first-order valence-electron chi connectivity index (χ1n) is 5.82. The van der Waals surface area contributed by atoms with E-state index in [1.54, 1.807) is 6.07 Å². The van der Waals surface area contributed by atoms with E-state index in [0.717, 1.165) is 17.5 Å². The topological polar surface area (TPSA) is 64.3 Å². The monoisotopic (exact) mass is 266 g/mol. The number of thiocarbonyl (C=S) groups is 1. The van der Waals surface area contributed by atoms with Gasteiger partial charge in [0.05, 0.1) is 0 Å². The van der Waals surface area contributed by atoms with Gasteiger partial charge in [0.1, 0.15) is 11.6 Å². The number of hydrogen-bond donors (Lipinski definition) is 2. The van der Waals surface area contributed by atoms with Crippen LogP contribution in [0.25, 0.3) is 0 Å². The van der Waals surface area contributed by atoms with E-state index in [1.807, 2.05) is 26.0 Å². The van der Waals surface area contributed by atoms with Crippen molar-refractivity contribution in [2.45, 2.75) is 20.3 Å². The molecule has 1 aromatic carbocycles. The maximum Gasteiger partial charge on any atom is 0.250 e. The number of nitrogens with two attached hydrogens (primary N) is 1. The second-order valence-corrected chi connectivity index (χ2v) is 4.43. The molecule has 1 amide bonds. The molecule has 0 heterocycles. The van der Waals surface area contributed by atoms with Gasteiger partial charge in [0.2, 0.25) is 5.91 Å². The fraction of sp³-hybridized carbons (Fsp3) is 0.385. The van der Waals surface area contributed by atoms with E-state index in [9.17, 15) is 4.79 Å². The van der Waals surface area contributed by atoms with Crippen LogP contribution in [-0.4, -0.2) is 24.1 Å². The Morgan fingerprint density at radius 1 is 1.50 bits per heavy atom. The third-order valence-electron chi connectivity index (χ3n) is 2.38. The van der Waals surface area contributed by atoms with Crippen molar-refractivity contribution in [1.82, 2.24) is 0 Å². The minimum atomic E-state index is -0.174. The Labute approximate surface area is 113 Å². The third-order valence-corrected chi connectivity index (χ3v) is 2.61. The molecule has 1 rings (SSSR count). The van der Waals surface area contributed by atoms with Gasteiger partial charge in [-0.05, 0) is 25.0 Å². The van der Waals surface area contributed by atoms with Crippen LogP contribution < -0.4 is 11.1 Å². The highest BCUT2D eigenvalue weighted by atomic mass is 32.1. The minimum absolute atomic E-state index is 0.0601.